The summed E-state index contributed by atoms with van der Waals surface area (Å²) >= 11 is 10.5. The van der Waals surface area contributed by atoms with Crippen LogP contribution in [0.25, 0.3) is 0 Å². The van der Waals surface area contributed by atoms with E-state index in [0.29, 0.717) is 10.8 Å². The van der Waals surface area contributed by atoms with Gasteiger partial charge in [0.1, 0.15) is 0 Å². The first-order valence-corrected chi connectivity index (χ1v) is 7.87. The third-order valence-corrected chi connectivity index (χ3v) is 4.42. The van der Waals surface area contributed by atoms with Crippen LogP contribution in [0.5, 0.6) is 0 Å². The average molecular weight is 373 g/mol. The van der Waals surface area contributed by atoms with Crippen LogP contribution in [-0.2, 0) is 10.7 Å². The Kier molecular flexibility index (Phi) is 5.28. The van der Waals surface area contributed by atoms with E-state index in [-0.39, 0.29) is 11.8 Å². The molecule has 7 heteroatoms. The van der Waals surface area contributed by atoms with E-state index >= 15 is 0 Å². The number of anilines is 1. The number of aromatic nitrogens is 1. The van der Waals surface area contributed by atoms with Crippen molar-refractivity contribution in [2.24, 2.45) is 5.10 Å². The molecule has 0 saturated heterocycles. The van der Waals surface area contributed by atoms with Crippen LogP contribution < -0.4 is 5.01 Å². The van der Waals surface area contributed by atoms with Crippen molar-refractivity contribution in [1.82, 2.24) is 4.98 Å². The first kappa shape index (κ1) is 15.2. The van der Waals surface area contributed by atoms with Gasteiger partial charge in [0.25, 0.3) is 0 Å². The first-order chi connectivity index (χ1) is 9.61. The Balaban J connectivity index is 2.27. The molecule has 0 bridgehead atoms. The molecule has 0 atom stereocenters. The molecule has 1 amide bonds. The Morgan fingerprint density at radius 2 is 2.20 bits per heavy atom. The third-order valence-electron chi connectivity index (χ3n) is 2.37. The van der Waals surface area contributed by atoms with E-state index in [1.54, 1.807) is 6.21 Å². The highest BCUT2D eigenvalue weighted by molar-refractivity contribution is 9.11. The zero-order valence-electron chi connectivity index (χ0n) is 10.6. The predicted octanol–water partition coefficient (Wildman–Crippen LogP) is 4.03. The summed E-state index contributed by atoms with van der Waals surface area (Å²) in [5.74, 6) is 0.0742. The summed E-state index contributed by atoms with van der Waals surface area (Å²) < 4.78 is 0.809. The maximum atomic E-state index is 11.7. The van der Waals surface area contributed by atoms with Gasteiger partial charge in [-0.1, -0.05) is 41.7 Å². The van der Waals surface area contributed by atoms with Crippen LogP contribution in [0.4, 0.5) is 5.13 Å². The molecule has 1 heterocycles. The first-order valence-electron chi connectivity index (χ1n) is 5.72. The summed E-state index contributed by atoms with van der Waals surface area (Å²) in [7, 11) is 0. The van der Waals surface area contributed by atoms with E-state index in [1.807, 2.05) is 30.3 Å². The monoisotopic (exact) mass is 371 g/mol. The number of hydrogen-bond donors (Lipinski definition) is 0. The number of nitrogens with zero attached hydrogens (tertiary/aromatic N) is 3. The van der Waals surface area contributed by atoms with Gasteiger partial charge in [-0.05, 0) is 21.5 Å². The Morgan fingerprint density at radius 3 is 2.75 bits per heavy atom. The number of carbonyl (C=O) groups is 1. The van der Waals surface area contributed by atoms with Crippen molar-refractivity contribution in [3.63, 3.8) is 0 Å². The van der Waals surface area contributed by atoms with Gasteiger partial charge in [-0.15, -0.1) is 11.6 Å². The Labute approximate surface area is 134 Å². The van der Waals surface area contributed by atoms with Crippen LogP contribution in [-0.4, -0.2) is 17.1 Å². The quantitative estimate of drug-likeness (QED) is 0.462. The lowest BCUT2D eigenvalue weighted by atomic mass is 10.2. The second-order valence-electron chi connectivity index (χ2n) is 3.84. The highest BCUT2D eigenvalue weighted by atomic mass is 79.9. The lowest BCUT2D eigenvalue weighted by Gasteiger charge is -2.10. The summed E-state index contributed by atoms with van der Waals surface area (Å²) in [5, 5.41) is 5.95. The van der Waals surface area contributed by atoms with Crippen LogP contribution in [0.3, 0.4) is 0 Å². The van der Waals surface area contributed by atoms with Crippen molar-refractivity contribution >= 4 is 56.1 Å². The Morgan fingerprint density at radius 1 is 1.50 bits per heavy atom. The molecule has 0 unspecified atom stereocenters. The molecule has 0 N–H and O–H groups in total. The number of halogens is 2. The molecule has 0 fully saturated rings. The number of benzene rings is 1. The largest absolute Gasteiger partial charge is 0.273 e. The number of hydrogen-bond acceptors (Lipinski definition) is 4. The number of thiazole rings is 1. The fraction of sp³-hybridized carbons (Fsp3) is 0.154. The van der Waals surface area contributed by atoms with Gasteiger partial charge < -0.3 is 0 Å². The van der Waals surface area contributed by atoms with E-state index in [9.17, 15) is 4.79 Å². The fourth-order valence-electron chi connectivity index (χ4n) is 1.42. The van der Waals surface area contributed by atoms with E-state index in [1.165, 1.54) is 23.3 Å². The zero-order valence-corrected chi connectivity index (χ0v) is 13.7. The lowest BCUT2D eigenvalue weighted by molar-refractivity contribution is -0.116. The van der Waals surface area contributed by atoms with Crippen LogP contribution in [0.15, 0.2) is 39.2 Å². The minimum absolute atomic E-state index is 0.209. The summed E-state index contributed by atoms with van der Waals surface area (Å²) in [6.45, 7) is 1.44. The number of carbonyl (C=O) groups excluding carboxylic acids is 1. The molecule has 20 heavy (non-hydrogen) atoms. The van der Waals surface area contributed by atoms with Gasteiger partial charge in [0.2, 0.25) is 11.0 Å². The molecule has 2 rings (SSSR count). The molecular formula is C13H11BrClN3OS. The smallest absolute Gasteiger partial charge is 0.246 e. The molecule has 0 aliphatic heterocycles. The molecule has 2 aromatic rings. The summed E-state index contributed by atoms with van der Waals surface area (Å²) in [4.78, 5) is 16.0. The average Bonchev–Trinajstić information content (AvgIpc) is 2.81. The van der Waals surface area contributed by atoms with Gasteiger partial charge in [0, 0.05) is 6.92 Å². The SMILES string of the molecule is CC(=O)N(/N=C/c1ccccc1)c1nc(CCl)c(Br)s1. The topological polar surface area (TPSA) is 45.6 Å². The van der Waals surface area contributed by atoms with Crippen molar-refractivity contribution in [2.45, 2.75) is 12.8 Å². The van der Waals surface area contributed by atoms with E-state index in [0.717, 1.165) is 9.35 Å². The van der Waals surface area contributed by atoms with Crippen LogP contribution in [0.1, 0.15) is 18.2 Å². The molecule has 1 aromatic carbocycles. The number of amides is 1. The molecule has 0 aliphatic rings. The summed E-state index contributed by atoms with van der Waals surface area (Å²) in [6, 6.07) is 9.55. The minimum atomic E-state index is -0.209. The molecule has 0 radical (unpaired) electrons. The van der Waals surface area contributed by atoms with Gasteiger partial charge in [0.15, 0.2) is 0 Å². The summed E-state index contributed by atoms with van der Waals surface area (Å²) in [6.07, 6.45) is 1.62. The molecule has 4 nitrogen and oxygen atoms in total. The standard InChI is InChI=1S/C13H11BrClN3OS/c1-9(19)18(13-17-11(7-15)12(14)20-13)16-8-10-5-3-2-4-6-10/h2-6,8H,7H2,1H3/b16-8+. The molecule has 0 aliphatic carbocycles. The van der Waals surface area contributed by atoms with E-state index in [2.05, 4.69) is 26.0 Å². The van der Waals surface area contributed by atoms with Gasteiger partial charge in [0.05, 0.1) is 21.6 Å². The maximum Gasteiger partial charge on any atom is 0.246 e. The maximum absolute atomic E-state index is 11.7. The predicted molar refractivity (Wildman–Crippen MR) is 86.6 cm³/mol. The van der Waals surface area contributed by atoms with Crippen molar-refractivity contribution in [3.8, 4) is 0 Å². The van der Waals surface area contributed by atoms with Gasteiger partial charge >= 0.3 is 0 Å². The van der Waals surface area contributed by atoms with Crippen molar-refractivity contribution < 1.29 is 4.79 Å². The Bertz CT molecular complexity index is 630. The van der Waals surface area contributed by atoms with Crippen LogP contribution in [0, 0.1) is 0 Å². The molecule has 0 saturated carbocycles. The van der Waals surface area contributed by atoms with Crippen LogP contribution >= 0.6 is 38.9 Å². The van der Waals surface area contributed by atoms with Crippen molar-refractivity contribution in [1.29, 1.82) is 0 Å². The van der Waals surface area contributed by atoms with Gasteiger partial charge in [-0.2, -0.15) is 10.1 Å². The second kappa shape index (κ2) is 6.97. The minimum Gasteiger partial charge on any atom is -0.273 e. The highest BCUT2D eigenvalue weighted by Gasteiger charge is 2.17. The number of hydrazone groups is 1. The third kappa shape index (κ3) is 3.65. The molecule has 1 aromatic heterocycles. The molecular weight excluding hydrogens is 362 g/mol. The van der Waals surface area contributed by atoms with E-state index < -0.39 is 0 Å². The number of rotatable bonds is 4. The molecule has 0 spiro atoms. The number of alkyl halides is 1. The highest BCUT2D eigenvalue weighted by Crippen LogP contribution is 2.32. The van der Waals surface area contributed by atoms with Crippen LogP contribution in [0.2, 0.25) is 0 Å². The summed E-state index contributed by atoms with van der Waals surface area (Å²) in [5.41, 5.74) is 1.61. The fourth-order valence-corrected chi connectivity index (χ4v) is 3.33. The van der Waals surface area contributed by atoms with E-state index in [4.69, 9.17) is 11.6 Å². The Hall–Kier alpha value is -1.24. The normalized spacial score (nSPS) is 10.9. The van der Waals surface area contributed by atoms with Crippen molar-refractivity contribution in [3.05, 3.63) is 45.4 Å². The van der Waals surface area contributed by atoms with Gasteiger partial charge in [-0.25, -0.2) is 4.98 Å². The van der Waals surface area contributed by atoms with Crippen molar-refractivity contribution in [2.75, 3.05) is 5.01 Å². The zero-order chi connectivity index (χ0) is 14.5. The molecule has 104 valence electrons. The second-order valence-corrected chi connectivity index (χ2v) is 6.40. The lowest BCUT2D eigenvalue weighted by Crippen LogP contribution is -2.22. The van der Waals surface area contributed by atoms with Gasteiger partial charge in [-0.3, -0.25) is 4.79 Å².